The molecule has 0 fully saturated rings. The normalized spacial score (nSPS) is 16.8. The lowest BCUT2D eigenvalue weighted by atomic mass is 9.98. The number of nitrogens with zero attached hydrogens (tertiary/aromatic N) is 1. The molecule has 220 valence electrons. The van der Waals surface area contributed by atoms with E-state index in [1.54, 1.807) is 19.9 Å². The van der Waals surface area contributed by atoms with Crippen molar-refractivity contribution in [2.75, 3.05) is 6.54 Å². The summed E-state index contributed by atoms with van der Waals surface area (Å²) in [6, 6.07) is 11.4. The zero-order chi connectivity index (χ0) is 29.9. The summed E-state index contributed by atoms with van der Waals surface area (Å²) in [6.45, 7) is 7.59. The average molecular weight is 566 g/mol. The third-order valence-corrected chi connectivity index (χ3v) is 6.58. The molecule has 4 amide bonds. The van der Waals surface area contributed by atoms with Gasteiger partial charge in [-0.05, 0) is 36.0 Å². The summed E-state index contributed by atoms with van der Waals surface area (Å²) in [4.78, 5) is 69.1. The van der Waals surface area contributed by atoms with Gasteiger partial charge in [-0.15, -0.1) is 0 Å². The molecule has 1 aromatic carbocycles. The van der Waals surface area contributed by atoms with Crippen LogP contribution in [0.5, 0.6) is 0 Å². The second kappa shape index (κ2) is 14.9. The fourth-order valence-electron chi connectivity index (χ4n) is 4.41. The third-order valence-electron chi connectivity index (χ3n) is 6.58. The van der Waals surface area contributed by atoms with E-state index < -0.39 is 47.7 Å². The Morgan fingerprint density at radius 1 is 0.951 bits per heavy atom. The lowest BCUT2D eigenvalue weighted by molar-refractivity contribution is -0.140. The van der Waals surface area contributed by atoms with Crippen LogP contribution >= 0.6 is 0 Å². The Labute approximate surface area is 240 Å². The van der Waals surface area contributed by atoms with Crippen molar-refractivity contribution in [3.63, 3.8) is 0 Å². The Balaban J connectivity index is 1.70. The number of alkyl carbamates (subject to hydrolysis) is 1. The Hall–Kier alpha value is -4.28. The predicted octanol–water partition coefficient (Wildman–Crippen LogP) is 1.83. The number of fused-ring (bicyclic) bond motifs is 2. The van der Waals surface area contributed by atoms with Crippen LogP contribution in [0.15, 0.2) is 48.5 Å². The van der Waals surface area contributed by atoms with E-state index in [0.717, 1.165) is 11.3 Å². The van der Waals surface area contributed by atoms with Gasteiger partial charge in [0.2, 0.25) is 17.6 Å². The number of carbonyl (C=O) groups excluding carboxylic acids is 5. The van der Waals surface area contributed by atoms with Crippen molar-refractivity contribution >= 4 is 29.6 Å². The first-order valence-corrected chi connectivity index (χ1v) is 13.9. The van der Waals surface area contributed by atoms with E-state index in [9.17, 15) is 24.0 Å². The topological polar surface area (TPSA) is 156 Å². The minimum atomic E-state index is -1.16. The molecule has 41 heavy (non-hydrogen) atoms. The lowest BCUT2D eigenvalue weighted by Crippen LogP contribution is -2.58. The van der Waals surface area contributed by atoms with Crippen LogP contribution in [-0.2, 0) is 43.4 Å². The number of carbonyl (C=O) groups is 5. The largest absolute Gasteiger partial charge is 0.445 e. The first-order chi connectivity index (χ1) is 19.5. The van der Waals surface area contributed by atoms with Crippen LogP contribution in [0.25, 0.3) is 0 Å². The molecule has 11 nitrogen and oxygen atoms in total. The van der Waals surface area contributed by atoms with E-state index in [2.05, 4.69) is 26.3 Å². The van der Waals surface area contributed by atoms with Gasteiger partial charge < -0.3 is 26.0 Å². The molecule has 0 aliphatic carbocycles. The molecule has 3 rings (SSSR count). The molecular formula is C30H39N5O6. The van der Waals surface area contributed by atoms with E-state index >= 15 is 0 Å². The maximum atomic E-state index is 13.4. The first kappa shape index (κ1) is 31.3. The molecule has 11 heteroatoms. The summed E-state index contributed by atoms with van der Waals surface area (Å²) in [5, 5.41) is 10.6. The molecular weight excluding hydrogens is 526 g/mol. The van der Waals surface area contributed by atoms with Gasteiger partial charge in [0.25, 0.3) is 5.91 Å². The first-order valence-electron chi connectivity index (χ1n) is 13.9. The summed E-state index contributed by atoms with van der Waals surface area (Å²) in [5.41, 5.74) is 2.13. The number of ketones is 1. The highest BCUT2D eigenvalue weighted by atomic mass is 16.5. The molecule has 0 spiro atoms. The standard InChI is InChI=1S/C30H39N5O6/c1-18(2)15-24(34-28(38)25(19(3)4)35-30(40)41-17-20-9-6-5-7-10-20)27(37)33-23-16-22-12-8-11-21(32-22)13-14-31-29(39)26(23)36/h5-12,18-19,23-25H,13-17H2,1-4H3,(H,31,39)(H,33,37)(H,34,38)(H,35,40). The summed E-state index contributed by atoms with van der Waals surface area (Å²) < 4.78 is 5.27. The minimum Gasteiger partial charge on any atom is -0.445 e. The summed E-state index contributed by atoms with van der Waals surface area (Å²) in [6.07, 6.45) is 0.0108. The van der Waals surface area contributed by atoms with Gasteiger partial charge in [0.1, 0.15) is 24.7 Å². The number of aromatic nitrogens is 1. The summed E-state index contributed by atoms with van der Waals surface area (Å²) >= 11 is 0. The molecule has 2 aromatic rings. The highest BCUT2D eigenvalue weighted by Gasteiger charge is 2.33. The number of rotatable bonds is 10. The van der Waals surface area contributed by atoms with E-state index in [4.69, 9.17) is 4.74 Å². The maximum absolute atomic E-state index is 13.4. The van der Waals surface area contributed by atoms with Crippen LogP contribution in [0.3, 0.4) is 0 Å². The molecule has 0 radical (unpaired) electrons. The molecule has 4 N–H and O–H groups in total. The molecule has 0 saturated heterocycles. The number of hydrogen-bond acceptors (Lipinski definition) is 7. The van der Waals surface area contributed by atoms with Gasteiger partial charge in [0.05, 0.1) is 0 Å². The maximum Gasteiger partial charge on any atom is 0.408 e. The van der Waals surface area contributed by atoms with E-state index in [1.165, 1.54) is 0 Å². The average Bonchev–Trinajstić information content (AvgIpc) is 2.93. The van der Waals surface area contributed by atoms with Crippen LogP contribution in [0.1, 0.15) is 51.1 Å². The Bertz CT molecular complexity index is 1230. The van der Waals surface area contributed by atoms with Gasteiger partial charge in [-0.2, -0.15) is 0 Å². The second-order valence-corrected chi connectivity index (χ2v) is 10.9. The fourth-order valence-corrected chi connectivity index (χ4v) is 4.41. The van der Waals surface area contributed by atoms with E-state index in [-0.39, 0.29) is 37.8 Å². The van der Waals surface area contributed by atoms with E-state index in [1.807, 2.05) is 56.3 Å². The molecule has 1 aromatic heterocycles. The van der Waals surface area contributed by atoms with Crippen LogP contribution < -0.4 is 21.3 Å². The SMILES string of the molecule is CC(C)CC(NC(=O)C(NC(=O)OCc1ccccc1)C(C)C)C(=O)NC1Cc2cccc(n2)CCNC(=O)C1=O. The van der Waals surface area contributed by atoms with Crippen LogP contribution in [0.4, 0.5) is 4.79 Å². The third kappa shape index (κ3) is 9.70. The Morgan fingerprint density at radius 3 is 2.34 bits per heavy atom. The van der Waals surface area contributed by atoms with Gasteiger partial charge in [-0.1, -0.05) is 64.1 Å². The summed E-state index contributed by atoms with van der Waals surface area (Å²) in [7, 11) is 0. The van der Waals surface area contributed by atoms with Gasteiger partial charge in [0.15, 0.2) is 0 Å². The fraction of sp³-hybridized carbons (Fsp3) is 0.467. The van der Waals surface area contributed by atoms with Gasteiger partial charge in [-0.3, -0.25) is 24.2 Å². The Kier molecular flexibility index (Phi) is 11.4. The number of hydrogen-bond donors (Lipinski definition) is 4. The highest BCUT2D eigenvalue weighted by molar-refractivity contribution is 6.38. The molecule has 0 saturated carbocycles. The van der Waals surface area contributed by atoms with Crippen LogP contribution in [0.2, 0.25) is 0 Å². The van der Waals surface area contributed by atoms with E-state index in [0.29, 0.717) is 12.1 Å². The van der Waals surface area contributed by atoms with Crippen molar-refractivity contribution in [2.45, 2.75) is 71.7 Å². The number of pyridine rings is 1. The van der Waals surface area contributed by atoms with Crippen LogP contribution in [0, 0.1) is 11.8 Å². The van der Waals surface area contributed by atoms with Crippen molar-refractivity contribution < 1.29 is 28.7 Å². The smallest absolute Gasteiger partial charge is 0.408 e. The lowest BCUT2D eigenvalue weighted by Gasteiger charge is -2.27. The number of nitrogens with one attached hydrogen (secondary N) is 4. The molecule has 2 heterocycles. The molecule has 3 atom stereocenters. The highest BCUT2D eigenvalue weighted by Crippen LogP contribution is 2.11. The van der Waals surface area contributed by atoms with Crippen molar-refractivity contribution in [1.29, 1.82) is 0 Å². The second-order valence-electron chi connectivity index (χ2n) is 10.9. The predicted molar refractivity (Wildman–Crippen MR) is 151 cm³/mol. The Morgan fingerprint density at radius 2 is 1.66 bits per heavy atom. The number of amides is 4. The van der Waals surface area contributed by atoms with Gasteiger partial charge in [-0.25, -0.2) is 4.79 Å². The van der Waals surface area contributed by atoms with Crippen molar-refractivity contribution in [3.8, 4) is 0 Å². The number of Topliss-reactive ketones (excluding diaryl/α,β-unsaturated/α-hetero) is 1. The van der Waals surface area contributed by atoms with Gasteiger partial charge in [0, 0.05) is 30.8 Å². The molecule has 3 unspecified atom stereocenters. The van der Waals surface area contributed by atoms with Crippen molar-refractivity contribution in [3.05, 3.63) is 65.5 Å². The zero-order valence-corrected chi connectivity index (χ0v) is 23.9. The quantitative estimate of drug-likeness (QED) is 0.320. The zero-order valence-electron chi connectivity index (χ0n) is 23.9. The summed E-state index contributed by atoms with van der Waals surface area (Å²) in [5.74, 6) is -3.06. The molecule has 1 aliphatic heterocycles. The van der Waals surface area contributed by atoms with Gasteiger partial charge >= 0.3 is 6.09 Å². The molecule has 1 aliphatic rings. The van der Waals surface area contributed by atoms with Crippen LogP contribution in [-0.4, -0.2) is 59.3 Å². The monoisotopic (exact) mass is 565 g/mol. The van der Waals surface area contributed by atoms with Crippen molar-refractivity contribution in [2.24, 2.45) is 11.8 Å². The van der Waals surface area contributed by atoms with Crippen molar-refractivity contribution in [1.82, 2.24) is 26.3 Å². The molecule has 2 bridgehead atoms. The number of ether oxygens (including phenoxy) is 1. The number of benzene rings is 1. The minimum absolute atomic E-state index is 0.00809.